The van der Waals surface area contributed by atoms with Crippen molar-refractivity contribution in [2.75, 3.05) is 13.2 Å². The summed E-state index contributed by atoms with van der Waals surface area (Å²) in [6, 6.07) is 18.3. The van der Waals surface area contributed by atoms with E-state index in [0.717, 1.165) is 77.2 Å². The lowest BCUT2D eigenvalue weighted by Crippen LogP contribution is -2.30. The predicted molar refractivity (Wildman–Crippen MR) is 179 cm³/mol. The van der Waals surface area contributed by atoms with E-state index in [9.17, 15) is 14.3 Å². The Morgan fingerprint density at radius 2 is 1.72 bits per heavy atom. The summed E-state index contributed by atoms with van der Waals surface area (Å²) in [5.41, 5.74) is 9.98. The molecule has 0 saturated heterocycles. The highest BCUT2D eigenvalue weighted by molar-refractivity contribution is 5.91. The molecule has 3 heterocycles. The third kappa shape index (κ3) is 6.44. The number of carboxylic acids is 1. The number of rotatable bonds is 7. The fraction of sp³-hybridized carbons (Fsp3) is 0.385. The van der Waals surface area contributed by atoms with Gasteiger partial charge in [-0.05, 0) is 112 Å². The summed E-state index contributed by atoms with van der Waals surface area (Å²) in [5.74, 6) is -0.295. The van der Waals surface area contributed by atoms with Crippen LogP contribution in [0.4, 0.5) is 4.39 Å². The second-order valence-electron chi connectivity index (χ2n) is 13.7. The van der Waals surface area contributed by atoms with E-state index in [0.29, 0.717) is 30.0 Å². The molecule has 6 rings (SSSR count). The first-order chi connectivity index (χ1) is 21.9. The summed E-state index contributed by atoms with van der Waals surface area (Å²) in [7, 11) is 0. The lowest BCUT2D eigenvalue weighted by Gasteiger charge is -2.31. The first kappa shape index (κ1) is 31.9. The van der Waals surface area contributed by atoms with Crippen LogP contribution in [-0.2, 0) is 35.5 Å². The number of aromatic nitrogens is 1. The van der Waals surface area contributed by atoms with Gasteiger partial charge in [-0.1, -0.05) is 42.5 Å². The van der Waals surface area contributed by atoms with Gasteiger partial charge in [-0.3, -0.25) is 9.88 Å². The zero-order chi connectivity index (χ0) is 32.7. The Hall–Kier alpha value is -4.07. The van der Waals surface area contributed by atoms with E-state index in [1.807, 2.05) is 58.9 Å². The zero-order valence-corrected chi connectivity index (χ0v) is 27.7. The van der Waals surface area contributed by atoms with Gasteiger partial charge in [0.15, 0.2) is 6.10 Å². The molecule has 240 valence electrons. The molecule has 2 aliphatic rings. The van der Waals surface area contributed by atoms with E-state index >= 15 is 0 Å². The van der Waals surface area contributed by atoms with E-state index in [4.69, 9.17) is 14.5 Å². The molecule has 4 aromatic rings. The van der Waals surface area contributed by atoms with Crippen molar-refractivity contribution < 1.29 is 23.8 Å². The number of benzene rings is 3. The first-order valence-electron chi connectivity index (χ1n) is 16.2. The molecule has 6 nitrogen and oxygen atoms in total. The number of pyridine rings is 1. The Kier molecular flexibility index (Phi) is 8.75. The average Bonchev–Trinajstić information content (AvgIpc) is 3.01. The quantitative estimate of drug-likeness (QED) is 0.224. The van der Waals surface area contributed by atoms with Crippen LogP contribution in [0.2, 0.25) is 0 Å². The zero-order valence-electron chi connectivity index (χ0n) is 27.7. The van der Waals surface area contributed by atoms with Crippen LogP contribution in [0.3, 0.4) is 0 Å². The van der Waals surface area contributed by atoms with Crippen molar-refractivity contribution in [3.63, 3.8) is 0 Å². The third-order valence-corrected chi connectivity index (χ3v) is 9.01. The maximum atomic E-state index is 14.8. The number of aliphatic carboxylic acids is 1. The Balaban J connectivity index is 1.46. The first-order valence-corrected chi connectivity index (χ1v) is 16.2. The van der Waals surface area contributed by atoms with Gasteiger partial charge in [0.05, 0.1) is 12.2 Å². The van der Waals surface area contributed by atoms with Gasteiger partial charge in [-0.25, -0.2) is 9.18 Å². The average molecular weight is 623 g/mol. The monoisotopic (exact) mass is 622 g/mol. The molecule has 1 atom stereocenters. The Morgan fingerprint density at radius 1 is 0.978 bits per heavy atom. The lowest BCUT2D eigenvalue weighted by molar-refractivity contribution is -0.160. The molecule has 7 heteroatoms. The minimum atomic E-state index is -1.21. The fourth-order valence-corrected chi connectivity index (χ4v) is 6.91. The molecular formula is C39H43FN2O4. The minimum absolute atomic E-state index is 0.127. The predicted octanol–water partition coefficient (Wildman–Crippen LogP) is 8.30. The number of hydrogen-bond acceptors (Lipinski definition) is 5. The fourth-order valence-electron chi connectivity index (χ4n) is 6.91. The topological polar surface area (TPSA) is 71.9 Å². The molecule has 46 heavy (non-hydrogen) atoms. The minimum Gasteiger partial charge on any atom is -0.493 e. The van der Waals surface area contributed by atoms with Crippen LogP contribution in [0.5, 0.6) is 5.75 Å². The van der Waals surface area contributed by atoms with E-state index in [-0.39, 0.29) is 5.82 Å². The van der Waals surface area contributed by atoms with Crippen LogP contribution in [0.25, 0.3) is 22.3 Å². The molecule has 1 aromatic heterocycles. The van der Waals surface area contributed by atoms with Crippen molar-refractivity contribution in [2.24, 2.45) is 0 Å². The number of halogens is 1. The van der Waals surface area contributed by atoms with E-state index in [2.05, 4.69) is 29.2 Å². The van der Waals surface area contributed by atoms with Crippen molar-refractivity contribution in [2.45, 2.75) is 85.6 Å². The lowest BCUT2D eigenvalue weighted by atomic mass is 9.84. The largest absolute Gasteiger partial charge is 0.493 e. The van der Waals surface area contributed by atoms with Crippen molar-refractivity contribution in [1.29, 1.82) is 0 Å². The maximum Gasteiger partial charge on any atom is 0.337 e. The van der Waals surface area contributed by atoms with Crippen LogP contribution in [0.1, 0.15) is 78.1 Å². The Morgan fingerprint density at radius 3 is 2.48 bits per heavy atom. The van der Waals surface area contributed by atoms with Crippen LogP contribution in [0, 0.1) is 26.6 Å². The summed E-state index contributed by atoms with van der Waals surface area (Å²) in [5, 5.41) is 10.5. The van der Waals surface area contributed by atoms with Gasteiger partial charge in [-0.15, -0.1) is 0 Å². The van der Waals surface area contributed by atoms with Crippen molar-refractivity contribution >= 4 is 5.97 Å². The molecule has 2 aliphatic heterocycles. The van der Waals surface area contributed by atoms with Gasteiger partial charge in [0.1, 0.15) is 11.6 Å². The molecule has 0 fully saturated rings. The molecular weight excluding hydrogens is 579 g/mol. The summed E-state index contributed by atoms with van der Waals surface area (Å²) < 4.78 is 26.9. The van der Waals surface area contributed by atoms with Gasteiger partial charge >= 0.3 is 5.97 Å². The van der Waals surface area contributed by atoms with Crippen LogP contribution < -0.4 is 4.74 Å². The molecule has 0 spiro atoms. The van der Waals surface area contributed by atoms with Gasteiger partial charge < -0.3 is 14.6 Å². The summed E-state index contributed by atoms with van der Waals surface area (Å²) >= 11 is 0. The van der Waals surface area contributed by atoms with Gasteiger partial charge in [-0.2, -0.15) is 0 Å². The number of aryl methyl sites for hydroxylation is 4. The number of hydrogen-bond donors (Lipinski definition) is 1. The number of nitrogens with zero attached hydrogens (tertiary/aromatic N) is 2. The van der Waals surface area contributed by atoms with Crippen molar-refractivity contribution in [3.05, 3.63) is 105 Å². The van der Waals surface area contributed by atoms with E-state index in [1.165, 1.54) is 11.1 Å². The smallest absolute Gasteiger partial charge is 0.337 e. The number of fused-ring (bicyclic) bond motifs is 2. The number of carboxylic acid groups (broad SMARTS) is 1. The molecule has 1 unspecified atom stereocenters. The Labute approximate surface area is 271 Å². The van der Waals surface area contributed by atoms with Crippen molar-refractivity contribution in [1.82, 2.24) is 9.88 Å². The van der Waals surface area contributed by atoms with Crippen LogP contribution >= 0.6 is 0 Å². The highest BCUT2D eigenvalue weighted by Gasteiger charge is 2.34. The summed E-state index contributed by atoms with van der Waals surface area (Å²) in [6.07, 6.45) is 1.47. The maximum absolute atomic E-state index is 14.8. The molecule has 1 N–H and O–H groups in total. The van der Waals surface area contributed by atoms with E-state index < -0.39 is 17.7 Å². The highest BCUT2D eigenvalue weighted by Crippen LogP contribution is 2.44. The molecule has 0 aliphatic carbocycles. The van der Waals surface area contributed by atoms with Crippen molar-refractivity contribution in [3.8, 4) is 28.0 Å². The Bertz CT molecular complexity index is 1810. The molecule has 0 bridgehead atoms. The molecule has 0 radical (unpaired) electrons. The van der Waals surface area contributed by atoms with Crippen LogP contribution in [-0.4, -0.2) is 39.7 Å². The van der Waals surface area contributed by atoms with Gasteiger partial charge in [0.2, 0.25) is 0 Å². The molecule has 0 amide bonds. The standard InChI is InChI=1S/C39H43FN2O4/c1-23-9-7-10-31(36(23)40)22-42-17-16-26-19-28(12-13-30(26)21-42)33-24(2)41-25(3)34(37(38(43)44)46-39(4,5)6)35(33)29-14-15-32-27(20-29)11-8-18-45-32/h7,9-10,12-15,19-20,37H,8,11,16-18,21-22H2,1-6H3,(H,43,44). The second kappa shape index (κ2) is 12.6. The second-order valence-corrected chi connectivity index (χ2v) is 13.7. The molecule has 0 saturated carbocycles. The summed E-state index contributed by atoms with van der Waals surface area (Å²) in [6.45, 7) is 14.1. The summed E-state index contributed by atoms with van der Waals surface area (Å²) in [4.78, 5) is 20.1. The third-order valence-electron chi connectivity index (χ3n) is 9.01. The number of carbonyl (C=O) groups is 1. The van der Waals surface area contributed by atoms with Crippen LogP contribution in [0.15, 0.2) is 54.6 Å². The highest BCUT2D eigenvalue weighted by atomic mass is 19.1. The number of ether oxygens (including phenoxy) is 2. The molecule has 3 aromatic carbocycles. The van der Waals surface area contributed by atoms with E-state index in [1.54, 1.807) is 13.0 Å². The normalized spacial score (nSPS) is 15.5. The van der Waals surface area contributed by atoms with Gasteiger partial charge in [0.25, 0.3) is 0 Å². The van der Waals surface area contributed by atoms with Gasteiger partial charge in [0, 0.05) is 47.7 Å². The SMILES string of the molecule is Cc1cccc(CN2CCc3cc(-c4c(C)nc(C)c(C(OC(C)(C)C)C(=O)O)c4-c4ccc5c(c4)CCCO5)ccc3C2)c1F.